The molecule has 0 amide bonds. The lowest BCUT2D eigenvalue weighted by Crippen LogP contribution is -2.36. The number of nitrogens with zero attached hydrogens (tertiary/aromatic N) is 2. The summed E-state index contributed by atoms with van der Waals surface area (Å²) in [6.07, 6.45) is 0. The minimum atomic E-state index is 0.483. The Morgan fingerprint density at radius 1 is 1.32 bits per heavy atom. The number of thiophene rings is 1. The Bertz CT molecular complexity index is 613. The van der Waals surface area contributed by atoms with E-state index in [0.717, 1.165) is 24.7 Å². The first-order valence-corrected chi connectivity index (χ1v) is 9.30. The largest absolute Gasteiger partial charge is 0.357 e. The molecule has 2 rings (SSSR count). The van der Waals surface area contributed by atoms with Gasteiger partial charge in [0.25, 0.3) is 0 Å². The van der Waals surface area contributed by atoms with Crippen molar-refractivity contribution in [3.8, 4) is 0 Å². The highest BCUT2D eigenvalue weighted by Crippen LogP contribution is 2.19. The van der Waals surface area contributed by atoms with Gasteiger partial charge in [-0.25, -0.2) is 9.98 Å². The van der Waals surface area contributed by atoms with E-state index in [-0.39, 0.29) is 0 Å². The first kappa shape index (κ1) is 17.0. The second-order valence-corrected chi connectivity index (χ2v) is 7.65. The zero-order chi connectivity index (χ0) is 15.9. The average Bonchev–Trinajstić information content (AvgIpc) is 3.11. The van der Waals surface area contributed by atoms with Crippen molar-refractivity contribution in [1.82, 2.24) is 15.6 Å². The molecule has 0 aromatic carbocycles. The second-order valence-electron chi connectivity index (χ2n) is 5.39. The van der Waals surface area contributed by atoms with Crippen molar-refractivity contribution < 1.29 is 0 Å². The predicted molar refractivity (Wildman–Crippen MR) is 96.9 cm³/mol. The highest BCUT2D eigenvalue weighted by atomic mass is 32.1. The smallest absolute Gasteiger partial charge is 0.191 e. The fourth-order valence-corrected chi connectivity index (χ4v) is 3.57. The Labute approximate surface area is 140 Å². The van der Waals surface area contributed by atoms with Crippen molar-refractivity contribution in [3.05, 3.63) is 38.0 Å². The van der Waals surface area contributed by atoms with Gasteiger partial charge < -0.3 is 10.6 Å². The summed E-state index contributed by atoms with van der Waals surface area (Å²) in [6.45, 7) is 10.8. The molecule has 0 aliphatic carbocycles. The van der Waals surface area contributed by atoms with Crippen LogP contribution < -0.4 is 10.6 Å². The topological polar surface area (TPSA) is 49.3 Å². The van der Waals surface area contributed by atoms with E-state index in [0.29, 0.717) is 12.5 Å². The Hall–Kier alpha value is -1.40. The lowest BCUT2D eigenvalue weighted by atomic mass is 10.2. The molecule has 0 bridgehead atoms. The fourth-order valence-electron chi connectivity index (χ4n) is 1.91. The van der Waals surface area contributed by atoms with Gasteiger partial charge in [-0.15, -0.1) is 22.7 Å². The van der Waals surface area contributed by atoms with Crippen molar-refractivity contribution in [2.45, 2.75) is 46.7 Å². The van der Waals surface area contributed by atoms with E-state index in [9.17, 15) is 0 Å². The van der Waals surface area contributed by atoms with Gasteiger partial charge in [0.05, 0.1) is 23.8 Å². The number of aliphatic imine (C=N–C) groups is 1. The van der Waals surface area contributed by atoms with E-state index in [1.165, 1.54) is 14.8 Å². The van der Waals surface area contributed by atoms with Crippen molar-refractivity contribution in [2.75, 3.05) is 6.54 Å². The van der Waals surface area contributed by atoms with E-state index in [1.807, 2.05) is 11.3 Å². The molecule has 6 heteroatoms. The first-order chi connectivity index (χ1) is 10.6. The number of guanidine groups is 1. The van der Waals surface area contributed by atoms with Crippen molar-refractivity contribution in [3.63, 3.8) is 0 Å². The molecule has 0 saturated carbocycles. The number of hydrogen-bond donors (Lipinski definition) is 2. The highest BCUT2D eigenvalue weighted by Gasteiger charge is 2.06. The summed E-state index contributed by atoms with van der Waals surface area (Å²) in [7, 11) is 0. The highest BCUT2D eigenvalue weighted by molar-refractivity contribution is 7.11. The summed E-state index contributed by atoms with van der Waals surface area (Å²) < 4.78 is 0. The first-order valence-electron chi connectivity index (χ1n) is 7.60. The summed E-state index contributed by atoms with van der Waals surface area (Å²) in [4.78, 5) is 11.9. The molecule has 2 heterocycles. The maximum atomic E-state index is 4.62. The van der Waals surface area contributed by atoms with E-state index in [4.69, 9.17) is 0 Å². The molecule has 0 aliphatic rings. The molecule has 2 N–H and O–H groups in total. The Kier molecular flexibility index (Phi) is 6.39. The van der Waals surface area contributed by atoms with Crippen LogP contribution in [0.3, 0.4) is 0 Å². The molecule has 22 heavy (non-hydrogen) atoms. The van der Waals surface area contributed by atoms with Crippen LogP contribution in [0.2, 0.25) is 0 Å². The monoisotopic (exact) mass is 336 g/mol. The Morgan fingerprint density at radius 3 is 2.73 bits per heavy atom. The lowest BCUT2D eigenvalue weighted by Gasteiger charge is -2.10. The average molecular weight is 337 g/mol. The number of aryl methyl sites for hydroxylation is 1. The van der Waals surface area contributed by atoms with Gasteiger partial charge in [-0.2, -0.15) is 0 Å². The summed E-state index contributed by atoms with van der Waals surface area (Å²) >= 11 is 3.53. The third-order valence-corrected chi connectivity index (χ3v) is 5.23. The molecule has 4 nitrogen and oxygen atoms in total. The van der Waals surface area contributed by atoms with Gasteiger partial charge in [-0.05, 0) is 26.0 Å². The molecule has 0 saturated heterocycles. The van der Waals surface area contributed by atoms with Gasteiger partial charge in [-0.1, -0.05) is 13.8 Å². The molecule has 0 spiro atoms. The summed E-state index contributed by atoms with van der Waals surface area (Å²) in [5.41, 5.74) is 1.04. The van der Waals surface area contributed by atoms with Gasteiger partial charge in [0.2, 0.25) is 0 Å². The molecule has 2 aromatic heterocycles. The van der Waals surface area contributed by atoms with Crippen LogP contribution in [0.25, 0.3) is 0 Å². The Balaban J connectivity index is 1.93. The van der Waals surface area contributed by atoms with Gasteiger partial charge in [-0.3, -0.25) is 0 Å². The van der Waals surface area contributed by atoms with Crippen molar-refractivity contribution in [1.29, 1.82) is 0 Å². The van der Waals surface area contributed by atoms with Crippen molar-refractivity contribution in [2.24, 2.45) is 4.99 Å². The molecular formula is C16H24N4S2. The van der Waals surface area contributed by atoms with Crippen LogP contribution in [-0.4, -0.2) is 17.5 Å². The van der Waals surface area contributed by atoms with Crippen LogP contribution in [0.4, 0.5) is 0 Å². The predicted octanol–water partition coefficient (Wildman–Crippen LogP) is 3.89. The molecule has 0 unspecified atom stereocenters. The number of thiazole rings is 1. The molecule has 2 aromatic rings. The number of nitrogens with one attached hydrogen (secondary N) is 2. The van der Waals surface area contributed by atoms with Crippen LogP contribution in [0, 0.1) is 6.92 Å². The zero-order valence-corrected chi connectivity index (χ0v) is 15.3. The van der Waals surface area contributed by atoms with E-state index in [2.05, 4.69) is 65.8 Å². The standard InChI is InChI=1S/C16H24N4S2/c1-5-17-16(19-9-14-7-6-12(4)22-14)18-8-13-10-21-15(20-13)11(2)3/h6-7,10-11H,5,8-9H2,1-4H3,(H2,17,18,19). The van der Waals surface area contributed by atoms with Crippen LogP contribution in [0.15, 0.2) is 22.5 Å². The molecule has 120 valence electrons. The molecule has 0 atom stereocenters. The normalized spacial score (nSPS) is 12.0. The number of hydrogen-bond acceptors (Lipinski definition) is 4. The zero-order valence-electron chi connectivity index (χ0n) is 13.6. The van der Waals surface area contributed by atoms with Crippen LogP contribution >= 0.6 is 22.7 Å². The van der Waals surface area contributed by atoms with Crippen LogP contribution in [0.5, 0.6) is 0 Å². The molecular weight excluding hydrogens is 312 g/mol. The van der Waals surface area contributed by atoms with E-state index < -0.39 is 0 Å². The van der Waals surface area contributed by atoms with Gasteiger partial charge >= 0.3 is 0 Å². The second kappa shape index (κ2) is 8.29. The Morgan fingerprint density at radius 2 is 2.14 bits per heavy atom. The third-order valence-electron chi connectivity index (χ3n) is 3.03. The third kappa shape index (κ3) is 5.10. The quantitative estimate of drug-likeness (QED) is 0.621. The molecule has 0 fully saturated rings. The van der Waals surface area contributed by atoms with Crippen LogP contribution in [0.1, 0.15) is 47.1 Å². The summed E-state index contributed by atoms with van der Waals surface area (Å²) in [6, 6.07) is 4.31. The maximum absolute atomic E-state index is 4.62. The maximum Gasteiger partial charge on any atom is 0.191 e. The van der Waals surface area contributed by atoms with Crippen LogP contribution in [-0.2, 0) is 13.1 Å². The molecule has 0 radical (unpaired) electrons. The lowest BCUT2D eigenvalue weighted by molar-refractivity contribution is 0.810. The van der Waals surface area contributed by atoms with E-state index in [1.54, 1.807) is 11.3 Å². The van der Waals surface area contributed by atoms with Gasteiger partial charge in [0, 0.05) is 27.6 Å². The minimum Gasteiger partial charge on any atom is -0.357 e. The van der Waals surface area contributed by atoms with Gasteiger partial charge in [0.1, 0.15) is 0 Å². The molecule has 0 aliphatic heterocycles. The number of aromatic nitrogens is 1. The SMILES string of the molecule is CCNC(=NCc1csc(C(C)C)n1)NCc1ccc(C)s1. The summed E-state index contributed by atoms with van der Waals surface area (Å²) in [5.74, 6) is 1.32. The summed E-state index contributed by atoms with van der Waals surface area (Å²) in [5, 5.41) is 9.93. The minimum absolute atomic E-state index is 0.483. The van der Waals surface area contributed by atoms with Gasteiger partial charge in [0.15, 0.2) is 5.96 Å². The fraction of sp³-hybridized carbons (Fsp3) is 0.500. The number of rotatable bonds is 6. The van der Waals surface area contributed by atoms with Crippen molar-refractivity contribution >= 4 is 28.6 Å². The van der Waals surface area contributed by atoms with E-state index >= 15 is 0 Å².